The molecule has 1 aliphatic heterocycles. The van der Waals surface area contributed by atoms with Gasteiger partial charge in [0.25, 0.3) is 5.56 Å². The van der Waals surface area contributed by atoms with Crippen molar-refractivity contribution in [2.75, 3.05) is 23.3 Å². The Morgan fingerprint density at radius 3 is 2.82 bits per heavy atom. The standard InChI is InChI=1S/C24H31N7O2/c1-16-27-23-18(8-6-13-25-23)24(28-16)26-15-17-7-4-5-14-30(17)21-11-12-22(33)31(29-21)19-9-2-3-10-20(19)32/h6,8,11-13,17,19-20,32H,2-5,7,9-10,14-15H2,1H3,(H,25,26,27,28). The highest BCUT2D eigenvalue weighted by atomic mass is 16.3. The van der Waals surface area contributed by atoms with Gasteiger partial charge < -0.3 is 15.3 Å². The van der Waals surface area contributed by atoms with Gasteiger partial charge >= 0.3 is 0 Å². The summed E-state index contributed by atoms with van der Waals surface area (Å²) in [6, 6.07) is 7.27. The van der Waals surface area contributed by atoms with Crippen LogP contribution in [-0.4, -0.2) is 55.1 Å². The average Bonchev–Trinajstić information content (AvgIpc) is 2.83. The lowest BCUT2D eigenvalue weighted by Crippen LogP contribution is -2.45. The molecule has 3 atom stereocenters. The summed E-state index contributed by atoms with van der Waals surface area (Å²) >= 11 is 0. The molecule has 9 heteroatoms. The van der Waals surface area contributed by atoms with E-state index in [0.717, 1.165) is 68.5 Å². The molecule has 4 heterocycles. The molecular weight excluding hydrogens is 418 g/mol. The molecule has 0 radical (unpaired) electrons. The molecule has 33 heavy (non-hydrogen) atoms. The normalized spacial score (nSPS) is 23.6. The lowest BCUT2D eigenvalue weighted by Gasteiger charge is -2.37. The number of nitrogens with one attached hydrogen (secondary N) is 1. The van der Waals surface area contributed by atoms with Crippen LogP contribution in [-0.2, 0) is 0 Å². The van der Waals surface area contributed by atoms with E-state index in [2.05, 4.69) is 25.2 Å². The zero-order valence-corrected chi connectivity index (χ0v) is 19.0. The third-order valence-electron chi connectivity index (χ3n) is 6.83. The zero-order valence-electron chi connectivity index (χ0n) is 19.0. The first-order chi connectivity index (χ1) is 16.1. The van der Waals surface area contributed by atoms with Crippen molar-refractivity contribution < 1.29 is 5.11 Å². The van der Waals surface area contributed by atoms with Crippen molar-refractivity contribution in [3.8, 4) is 0 Å². The molecule has 0 aromatic carbocycles. The molecule has 3 unspecified atom stereocenters. The van der Waals surface area contributed by atoms with Gasteiger partial charge in [-0.2, -0.15) is 5.10 Å². The Morgan fingerprint density at radius 2 is 1.94 bits per heavy atom. The summed E-state index contributed by atoms with van der Waals surface area (Å²) in [5.41, 5.74) is 0.541. The minimum atomic E-state index is -0.513. The largest absolute Gasteiger partial charge is 0.391 e. The van der Waals surface area contributed by atoms with E-state index >= 15 is 0 Å². The van der Waals surface area contributed by atoms with Gasteiger partial charge in [-0.3, -0.25) is 4.79 Å². The average molecular weight is 450 g/mol. The monoisotopic (exact) mass is 449 g/mol. The lowest BCUT2D eigenvalue weighted by molar-refractivity contribution is 0.0669. The molecule has 0 amide bonds. The predicted molar refractivity (Wildman–Crippen MR) is 128 cm³/mol. The van der Waals surface area contributed by atoms with Crippen LogP contribution in [0.2, 0.25) is 0 Å². The molecule has 9 nitrogen and oxygen atoms in total. The first kappa shape index (κ1) is 21.8. The second-order valence-corrected chi connectivity index (χ2v) is 9.11. The second kappa shape index (κ2) is 9.43. The first-order valence-corrected chi connectivity index (χ1v) is 12.0. The van der Waals surface area contributed by atoms with Crippen molar-refractivity contribution in [1.82, 2.24) is 24.7 Å². The molecule has 1 saturated carbocycles. The van der Waals surface area contributed by atoms with Crippen molar-refractivity contribution in [2.45, 2.75) is 70.1 Å². The summed E-state index contributed by atoms with van der Waals surface area (Å²) in [6.45, 7) is 3.46. The number of hydrogen-bond donors (Lipinski definition) is 2. The van der Waals surface area contributed by atoms with Crippen LogP contribution in [0.25, 0.3) is 11.0 Å². The van der Waals surface area contributed by atoms with Crippen molar-refractivity contribution in [2.24, 2.45) is 0 Å². The van der Waals surface area contributed by atoms with E-state index in [1.807, 2.05) is 25.1 Å². The summed E-state index contributed by atoms with van der Waals surface area (Å²) in [4.78, 5) is 28.3. The zero-order chi connectivity index (χ0) is 22.8. The summed E-state index contributed by atoms with van der Waals surface area (Å²) in [5, 5.41) is 19.7. The van der Waals surface area contributed by atoms with E-state index in [0.29, 0.717) is 18.0 Å². The Hall–Kier alpha value is -3.07. The fourth-order valence-electron chi connectivity index (χ4n) is 5.12. The molecule has 3 aromatic rings. The summed E-state index contributed by atoms with van der Waals surface area (Å²) in [7, 11) is 0. The molecule has 0 spiro atoms. The van der Waals surface area contributed by atoms with Crippen LogP contribution in [0.3, 0.4) is 0 Å². The van der Waals surface area contributed by atoms with Gasteiger partial charge in [0.2, 0.25) is 0 Å². The van der Waals surface area contributed by atoms with Gasteiger partial charge in [-0.25, -0.2) is 19.6 Å². The fourth-order valence-corrected chi connectivity index (χ4v) is 5.12. The van der Waals surface area contributed by atoms with Crippen LogP contribution in [0.15, 0.2) is 35.3 Å². The Labute approximate surface area is 192 Å². The highest BCUT2D eigenvalue weighted by Crippen LogP contribution is 2.29. The number of anilines is 2. The molecule has 1 saturated heterocycles. The number of aliphatic hydroxyl groups is 1. The molecule has 174 valence electrons. The van der Waals surface area contributed by atoms with Crippen LogP contribution in [0.1, 0.15) is 56.8 Å². The lowest BCUT2D eigenvalue weighted by atomic mass is 9.93. The fraction of sp³-hybridized carbons (Fsp3) is 0.542. The van der Waals surface area contributed by atoms with Gasteiger partial charge in [0.15, 0.2) is 5.65 Å². The van der Waals surface area contributed by atoms with Crippen molar-refractivity contribution >= 4 is 22.7 Å². The molecule has 1 aliphatic carbocycles. The van der Waals surface area contributed by atoms with Crippen molar-refractivity contribution in [1.29, 1.82) is 0 Å². The molecular formula is C24H31N7O2. The smallest absolute Gasteiger partial charge is 0.267 e. The summed E-state index contributed by atoms with van der Waals surface area (Å²) in [5.74, 6) is 2.27. The van der Waals surface area contributed by atoms with Crippen molar-refractivity contribution in [3.63, 3.8) is 0 Å². The van der Waals surface area contributed by atoms with Gasteiger partial charge in [0.1, 0.15) is 17.5 Å². The third-order valence-corrected chi connectivity index (χ3v) is 6.83. The van der Waals surface area contributed by atoms with E-state index in [1.165, 1.54) is 4.68 Å². The minimum absolute atomic E-state index is 0.146. The Balaban J connectivity index is 1.39. The predicted octanol–water partition coefficient (Wildman–Crippen LogP) is 2.84. The molecule has 5 rings (SSSR count). The number of aryl methyl sites for hydroxylation is 1. The molecule has 3 aromatic heterocycles. The van der Waals surface area contributed by atoms with Gasteiger partial charge in [-0.05, 0) is 57.2 Å². The topological polar surface area (TPSA) is 109 Å². The number of hydrogen-bond acceptors (Lipinski definition) is 8. The Bertz CT molecular complexity index is 1180. The number of aromatic nitrogens is 5. The van der Waals surface area contributed by atoms with Crippen molar-refractivity contribution in [3.05, 3.63) is 46.6 Å². The van der Waals surface area contributed by atoms with Gasteiger partial charge in [-0.15, -0.1) is 0 Å². The Morgan fingerprint density at radius 1 is 1.09 bits per heavy atom. The van der Waals surface area contributed by atoms with Crippen LogP contribution < -0.4 is 15.8 Å². The van der Waals surface area contributed by atoms with Crippen LogP contribution >= 0.6 is 0 Å². The number of pyridine rings is 1. The minimum Gasteiger partial charge on any atom is -0.391 e. The van der Waals surface area contributed by atoms with Crippen LogP contribution in [0, 0.1) is 6.92 Å². The first-order valence-electron chi connectivity index (χ1n) is 12.0. The van der Waals surface area contributed by atoms with Gasteiger partial charge in [0.05, 0.1) is 17.5 Å². The van der Waals surface area contributed by atoms with Crippen LogP contribution in [0.5, 0.6) is 0 Å². The third kappa shape index (κ3) is 4.55. The maximum atomic E-state index is 12.6. The Kier molecular flexibility index (Phi) is 6.22. The van der Waals surface area contributed by atoms with Gasteiger partial charge in [0, 0.05) is 31.4 Å². The SMILES string of the molecule is Cc1nc(NCC2CCCCN2c2ccc(=O)n(C3CCCCC3O)n2)c2cccnc2n1. The highest BCUT2D eigenvalue weighted by Gasteiger charge is 2.29. The molecule has 0 bridgehead atoms. The second-order valence-electron chi connectivity index (χ2n) is 9.11. The summed E-state index contributed by atoms with van der Waals surface area (Å²) < 4.78 is 1.52. The number of rotatable bonds is 5. The van der Waals surface area contributed by atoms with Gasteiger partial charge in [-0.1, -0.05) is 12.8 Å². The van der Waals surface area contributed by atoms with E-state index in [4.69, 9.17) is 5.10 Å². The number of fused-ring (bicyclic) bond motifs is 1. The maximum Gasteiger partial charge on any atom is 0.267 e. The molecule has 2 fully saturated rings. The van der Waals surface area contributed by atoms with E-state index < -0.39 is 6.10 Å². The maximum absolute atomic E-state index is 12.6. The quantitative estimate of drug-likeness (QED) is 0.612. The van der Waals surface area contributed by atoms with E-state index in [1.54, 1.807) is 12.3 Å². The molecule has 2 aliphatic rings. The number of piperidine rings is 1. The van der Waals surface area contributed by atoms with E-state index in [-0.39, 0.29) is 17.6 Å². The number of nitrogens with zero attached hydrogens (tertiary/aromatic N) is 6. The highest BCUT2D eigenvalue weighted by molar-refractivity contribution is 5.86. The number of aliphatic hydroxyl groups excluding tert-OH is 1. The van der Waals surface area contributed by atoms with Crippen LogP contribution in [0.4, 0.5) is 11.6 Å². The summed E-state index contributed by atoms with van der Waals surface area (Å²) in [6.07, 6.45) is 8.01. The molecule has 2 N–H and O–H groups in total. The van der Waals surface area contributed by atoms with E-state index in [9.17, 15) is 9.90 Å².